The van der Waals surface area contributed by atoms with Crippen LogP contribution < -0.4 is 5.32 Å². The van der Waals surface area contributed by atoms with Crippen LogP contribution in [-0.4, -0.2) is 17.4 Å². The van der Waals surface area contributed by atoms with E-state index in [0.717, 1.165) is 6.20 Å². The van der Waals surface area contributed by atoms with Gasteiger partial charge in [-0.2, -0.15) is 0 Å². The van der Waals surface area contributed by atoms with Crippen LogP contribution in [0.25, 0.3) is 0 Å². The lowest BCUT2D eigenvalue weighted by molar-refractivity contribution is 0.0935. The molecule has 1 N–H and O–H groups in total. The van der Waals surface area contributed by atoms with Crippen LogP contribution in [0.2, 0.25) is 0 Å². The Balaban J connectivity index is 1.92. The van der Waals surface area contributed by atoms with E-state index < -0.39 is 5.82 Å². The van der Waals surface area contributed by atoms with Crippen molar-refractivity contribution in [3.63, 3.8) is 0 Å². The number of halogens is 1. The average molecular weight is 208 g/mol. The lowest BCUT2D eigenvalue weighted by Gasteiger charge is -2.25. The SMILES string of the molecule is O=C(NCC1CCC1)c1ccncc1F. The summed E-state index contributed by atoms with van der Waals surface area (Å²) in [5, 5.41) is 2.74. The van der Waals surface area contributed by atoms with Gasteiger partial charge in [0.25, 0.3) is 5.91 Å². The number of aromatic nitrogens is 1. The first-order valence-electron chi connectivity index (χ1n) is 5.15. The van der Waals surface area contributed by atoms with Gasteiger partial charge in [0, 0.05) is 12.7 Å². The average Bonchev–Trinajstić information content (AvgIpc) is 2.16. The molecule has 3 nitrogen and oxygen atoms in total. The number of carbonyl (C=O) groups is 1. The van der Waals surface area contributed by atoms with Crippen molar-refractivity contribution in [2.75, 3.05) is 6.54 Å². The molecule has 80 valence electrons. The third-order valence-corrected chi connectivity index (χ3v) is 2.79. The first-order chi connectivity index (χ1) is 7.27. The van der Waals surface area contributed by atoms with Crippen molar-refractivity contribution in [1.82, 2.24) is 10.3 Å². The maximum Gasteiger partial charge on any atom is 0.254 e. The lowest BCUT2D eigenvalue weighted by atomic mass is 9.85. The molecule has 4 heteroatoms. The summed E-state index contributed by atoms with van der Waals surface area (Å²) < 4.78 is 13.1. The van der Waals surface area contributed by atoms with Gasteiger partial charge >= 0.3 is 0 Å². The van der Waals surface area contributed by atoms with Crippen molar-refractivity contribution in [3.05, 3.63) is 29.8 Å². The van der Waals surface area contributed by atoms with Gasteiger partial charge in [-0.05, 0) is 24.8 Å². The predicted molar refractivity (Wildman–Crippen MR) is 53.9 cm³/mol. The van der Waals surface area contributed by atoms with Crippen molar-refractivity contribution in [3.8, 4) is 0 Å². The van der Waals surface area contributed by atoms with Crippen molar-refractivity contribution < 1.29 is 9.18 Å². The molecule has 15 heavy (non-hydrogen) atoms. The number of carbonyl (C=O) groups excluding carboxylic acids is 1. The molecule has 0 saturated heterocycles. The Labute approximate surface area is 87.7 Å². The van der Waals surface area contributed by atoms with Crippen LogP contribution in [0.3, 0.4) is 0 Å². The number of nitrogens with one attached hydrogen (secondary N) is 1. The Morgan fingerprint density at radius 1 is 1.60 bits per heavy atom. The van der Waals surface area contributed by atoms with E-state index in [0.29, 0.717) is 12.5 Å². The lowest BCUT2D eigenvalue weighted by Crippen LogP contribution is -2.32. The zero-order valence-electron chi connectivity index (χ0n) is 8.37. The molecule has 0 spiro atoms. The minimum Gasteiger partial charge on any atom is -0.352 e. The summed E-state index contributed by atoms with van der Waals surface area (Å²) in [6.07, 6.45) is 6.04. The topological polar surface area (TPSA) is 42.0 Å². The van der Waals surface area contributed by atoms with Gasteiger partial charge in [0.05, 0.1) is 11.8 Å². The van der Waals surface area contributed by atoms with Crippen LogP contribution in [0.15, 0.2) is 18.5 Å². The van der Waals surface area contributed by atoms with Crippen LogP contribution in [0.5, 0.6) is 0 Å². The Morgan fingerprint density at radius 3 is 3.00 bits per heavy atom. The largest absolute Gasteiger partial charge is 0.352 e. The number of rotatable bonds is 3. The van der Waals surface area contributed by atoms with Gasteiger partial charge in [-0.25, -0.2) is 4.39 Å². The molecular formula is C11H13FN2O. The maximum absolute atomic E-state index is 13.1. The molecule has 1 aliphatic carbocycles. The zero-order valence-corrected chi connectivity index (χ0v) is 8.37. The minimum atomic E-state index is -0.566. The fourth-order valence-electron chi connectivity index (χ4n) is 1.59. The van der Waals surface area contributed by atoms with E-state index in [1.165, 1.54) is 31.5 Å². The Kier molecular flexibility index (Phi) is 2.94. The molecule has 0 atom stereocenters. The third-order valence-electron chi connectivity index (χ3n) is 2.79. The molecule has 0 unspecified atom stereocenters. The molecule has 0 aromatic carbocycles. The predicted octanol–water partition coefficient (Wildman–Crippen LogP) is 1.75. The highest BCUT2D eigenvalue weighted by atomic mass is 19.1. The van der Waals surface area contributed by atoms with E-state index in [4.69, 9.17) is 0 Å². The van der Waals surface area contributed by atoms with E-state index >= 15 is 0 Å². The van der Waals surface area contributed by atoms with E-state index in [1.807, 2.05) is 0 Å². The fraction of sp³-hybridized carbons (Fsp3) is 0.455. The summed E-state index contributed by atoms with van der Waals surface area (Å²) in [5.74, 6) is -0.329. The number of nitrogens with zero attached hydrogens (tertiary/aromatic N) is 1. The summed E-state index contributed by atoms with van der Waals surface area (Å²) in [7, 11) is 0. The van der Waals surface area contributed by atoms with Gasteiger partial charge in [-0.1, -0.05) is 6.42 Å². The van der Waals surface area contributed by atoms with E-state index in [1.54, 1.807) is 0 Å². The van der Waals surface area contributed by atoms with Gasteiger partial charge < -0.3 is 5.32 Å². The second kappa shape index (κ2) is 4.38. The number of hydrogen-bond acceptors (Lipinski definition) is 2. The first-order valence-corrected chi connectivity index (χ1v) is 5.15. The highest BCUT2D eigenvalue weighted by Crippen LogP contribution is 2.25. The summed E-state index contributed by atoms with van der Waals surface area (Å²) in [4.78, 5) is 15.1. The van der Waals surface area contributed by atoms with Crippen molar-refractivity contribution in [2.24, 2.45) is 5.92 Å². The van der Waals surface area contributed by atoms with Crippen LogP contribution >= 0.6 is 0 Å². The van der Waals surface area contributed by atoms with Gasteiger partial charge in [0.1, 0.15) is 0 Å². The summed E-state index contributed by atoms with van der Waals surface area (Å²) in [5.41, 5.74) is 0.0734. The van der Waals surface area contributed by atoms with Gasteiger partial charge in [-0.3, -0.25) is 9.78 Å². The van der Waals surface area contributed by atoms with Crippen LogP contribution in [0, 0.1) is 11.7 Å². The second-order valence-corrected chi connectivity index (χ2v) is 3.86. The van der Waals surface area contributed by atoms with Crippen molar-refractivity contribution in [1.29, 1.82) is 0 Å². The molecule has 1 amide bonds. The molecule has 1 heterocycles. The number of pyridine rings is 1. The first kappa shape index (κ1) is 10.1. The van der Waals surface area contributed by atoms with Gasteiger partial charge in [0.2, 0.25) is 0 Å². The molecule has 1 fully saturated rings. The molecule has 0 aliphatic heterocycles. The molecular weight excluding hydrogens is 195 g/mol. The Morgan fingerprint density at radius 2 is 2.40 bits per heavy atom. The molecule has 1 aromatic rings. The normalized spacial score (nSPS) is 15.8. The molecule has 0 bridgehead atoms. The Hall–Kier alpha value is -1.45. The molecule has 1 aliphatic rings. The van der Waals surface area contributed by atoms with Crippen molar-refractivity contribution >= 4 is 5.91 Å². The fourth-order valence-corrected chi connectivity index (χ4v) is 1.59. The highest BCUT2D eigenvalue weighted by molar-refractivity contribution is 5.94. The summed E-state index contributed by atoms with van der Waals surface area (Å²) in [6, 6.07) is 1.39. The quantitative estimate of drug-likeness (QED) is 0.822. The number of amides is 1. The molecule has 1 saturated carbocycles. The monoisotopic (exact) mass is 208 g/mol. The summed E-state index contributed by atoms with van der Waals surface area (Å²) >= 11 is 0. The maximum atomic E-state index is 13.1. The summed E-state index contributed by atoms with van der Waals surface area (Å²) in [6.45, 7) is 0.653. The molecule has 1 aromatic heterocycles. The molecule has 0 radical (unpaired) electrons. The van der Waals surface area contributed by atoms with E-state index in [2.05, 4.69) is 10.3 Å². The van der Waals surface area contributed by atoms with E-state index in [9.17, 15) is 9.18 Å². The van der Waals surface area contributed by atoms with E-state index in [-0.39, 0.29) is 11.5 Å². The minimum absolute atomic E-state index is 0.0734. The van der Waals surface area contributed by atoms with Gasteiger partial charge in [-0.15, -0.1) is 0 Å². The standard InChI is InChI=1S/C11H13FN2O/c12-10-7-13-5-4-9(10)11(15)14-6-8-2-1-3-8/h4-5,7-8H,1-3,6H2,(H,14,15). The van der Waals surface area contributed by atoms with Gasteiger partial charge in [0.15, 0.2) is 5.82 Å². The third kappa shape index (κ3) is 2.32. The van der Waals surface area contributed by atoms with Crippen molar-refractivity contribution in [2.45, 2.75) is 19.3 Å². The highest BCUT2D eigenvalue weighted by Gasteiger charge is 2.19. The second-order valence-electron chi connectivity index (χ2n) is 3.86. The van der Waals surface area contributed by atoms with Crippen LogP contribution in [-0.2, 0) is 0 Å². The van der Waals surface area contributed by atoms with Crippen LogP contribution in [0.1, 0.15) is 29.6 Å². The smallest absolute Gasteiger partial charge is 0.254 e. The zero-order chi connectivity index (χ0) is 10.7. The Bertz CT molecular complexity index is 363. The molecule has 2 rings (SSSR count). The number of hydrogen-bond donors (Lipinski definition) is 1. The van der Waals surface area contributed by atoms with Crippen LogP contribution in [0.4, 0.5) is 4.39 Å².